The van der Waals surface area contributed by atoms with Crippen LogP contribution < -0.4 is 5.32 Å². The van der Waals surface area contributed by atoms with Crippen LogP contribution in [0.4, 0.5) is 0 Å². The van der Waals surface area contributed by atoms with E-state index < -0.39 is 0 Å². The quantitative estimate of drug-likeness (QED) is 0.818. The maximum atomic E-state index is 5.68. The molecule has 17 heavy (non-hydrogen) atoms. The topological polar surface area (TPSA) is 55.6 Å². The summed E-state index contributed by atoms with van der Waals surface area (Å²) in [5.41, 5.74) is 1.19. The van der Waals surface area contributed by atoms with E-state index in [9.17, 15) is 0 Å². The molecule has 0 aliphatic heterocycles. The fourth-order valence-electron chi connectivity index (χ4n) is 1.51. The van der Waals surface area contributed by atoms with Crippen molar-refractivity contribution in [3.05, 3.63) is 35.2 Å². The van der Waals surface area contributed by atoms with E-state index in [1.54, 1.807) is 16.8 Å². The highest BCUT2D eigenvalue weighted by molar-refractivity contribution is 6.29. The van der Waals surface area contributed by atoms with Gasteiger partial charge in [-0.15, -0.1) is 10.2 Å². The standard InChI is InChI=1S/C11H14ClN5/c1-13-6-2-3-9-7-14-17(8-9)11-5-4-10(12)15-16-11/h4-5,7-8,13H,2-3,6H2,1H3. The summed E-state index contributed by atoms with van der Waals surface area (Å²) in [6, 6.07) is 3.49. The van der Waals surface area contributed by atoms with Crippen molar-refractivity contribution >= 4 is 11.6 Å². The van der Waals surface area contributed by atoms with Crippen molar-refractivity contribution in [2.24, 2.45) is 0 Å². The van der Waals surface area contributed by atoms with Crippen LogP contribution in [0.1, 0.15) is 12.0 Å². The number of aromatic nitrogens is 4. The van der Waals surface area contributed by atoms with E-state index >= 15 is 0 Å². The first-order valence-electron chi connectivity index (χ1n) is 5.47. The maximum absolute atomic E-state index is 5.68. The Bertz CT molecular complexity index is 465. The van der Waals surface area contributed by atoms with Crippen molar-refractivity contribution in [3.8, 4) is 5.82 Å². The molecule has 0 aliphatic carbocycles. The van der Waals surface area contributed by atoms with Crippen LogP contribution in [0.15, 0.2) is 24.5 Å². The van der Waals surface area contributed by atoms with Crippen LogP contribution >= 0.6 is 11.6 Å². The van der Waals surface area contributed by atoms with E-state index in [-0.39, 0.29) is 0 Å². The predicted molar refractivity (Wildman–Crippen MR) is 66.4 cm³/mol. The van der Waals surface area contributed by atoms with Gasteiger partial charge in [0.25, 0.3) is 0 Å². The highest BCUT2D eigenvalue weighted by Gasteiger charge is 2.02. The minimum Gasteiger partial charge on any atom is -0.320 e. The third kappa shape index (κ3) is 3.25. The van der Waals surface area contributed by atoms with E-state index in [0.717, 1.165) is 19.4 Å². The molecular formula is C11H14ClN5. The van der Waals surface area contributed by atoms with Crippen LogP contribution in [0.5, 0.6) is 0 Å². The third-order valence-corrected chi connectivity index (χ3v) is 2.58. The molecule has 0 aromatic carbocycles. The fraction of sp³-hybridized carbons (Fsp3) is 0.364. The zero-order chi connectivity index (χ0) is 12.1. The fourth-order valence-corrected chi connectivity index (χ4v) is 1.62. The second-order valence-electron chi connectivity index (χ2n) is 3.71. The van der Waals surface area contributed by atoms with Gasteiger partial charge in [0.2, 0.25) is 0 Å². The Labute approximate surface area is 105 Å². The van der Waals surface area contributed by atoms with Crippen LogP contribution in [-0.2, 0) is 6.42 Å². The Balaban J connectivity index is 2.04. The molecule has 0 spiro atoms. The van der Waals surface area contributed by atoms with Crippen LogP contribution in [0.2, 0.25) is 5.15 Å². The Hall–Kier alpha value is -1.46. The molecule has 1 N–H and O–H groups in total. The number of nitrogens with one attached hydrogen (secondary N) is 1. The van der Waals surface area contributed by atoms with Gasteiger partial charge in [0.1, 0.15) is 0 Å². The smallest absolute Gasteiger partial charge is 0.175 e. The third-order valence-electron chi connectivity index (χ3n) is 2.38. The lowest BCUT2D eigenvalue weighted by atomic mass is 10.2. The average molecular weight is 252 g/mol. The Morgan fingerprint density at radius 3 is 2.94 bits per heavy atom. The van der Waals surface area contributed by atoms with E-state index in [0.29, 0.717) is 11.0 Å². The number of hydrogen-bond acceptors (Lipinski definition) is 4. The highest BCUT2D eigenvalue weighted by Crippen LogP contribution is 2.08. The van der Waals surface area contributed by atoms with Gasteiger partial charge in [0.05, 0.1) is 6.20 Å². The summed E-state index contributed by atoms with van der Waals surface area (Å²) >= 11 is 5.68. The lowest BCUT2D eigenvalue weighted by Gasteiger charge is -1.98. The molecule has 2 aromatic rings. The zero-order valence-electron chi connectivity index (χ0n) is 9.60. The van der Waals surface area contributed by atoms with E-state index in [4.69, 9.17) is 11.6 Å². The first-order chi connectivity index (χ1) is 8.29. The van der Waals surface area contributed by atoms with Crippen molar-refractivity contribution in [2.75, 3.05) is 13.6 Å². The molecule has 0 saturated carbocycles. The molecule has 2 aromatic heterocycles. The first kappa shape index (κ1) is 12.0. The first-order valence-corrected chi connectivity index (χ1v) is 5.85. The van der Waals surface area contributed by atoms with E-state index in [1.807, 2.05) is 19.4 Å². The van der Waals surface area contributed by atoms with Crippen molar-refractivity contribution in [2.45, 2.75) is 12.8 Å². The molecule has 0 radical (unpaired) electrons. The summed E-state index contributed by atoms with van der Waals surface area (Å²) < 4.78 is 1.71. The van der Waals surface area contributed by atoms with Gasteiger partial charge in [-0.05, 0) is 44.1 Å². The molecule has 2 rings (SSSR count). The minimum absolute atomic E-state index is 0.384. The van der Waals surface area contributed by atoms with Crippen molar-refractivity contribution < 1.29 is 0 Å². The van der Waals surface area contributed by atoms with Gasteiger partial charge in [-0.1, -0.05) is 11.6 Å². The summed E-state index contributed by atoms with van der Waals surface area (Å²) in [6.07, 6.45) is 5.91. The molecule has 6 heteroatoms. The van der Waals surface area contributed by atoms with E-state index in [2.05, 4.69) is 20.6 Å². The molecule has 0 fully saturated rings. The minimum atomic E-state index is 0.384. The van der Waals surface area contributed by atoms with Crippen LogP contribution in [0, 0.1) is 0 Å². The Morgan fingerprint density at radius 2 is 2.24 bits per heavy atom. The van der Waals surface area contributed by atoms with Crippen LogP contribution in [-0.4, -0.2) is 33.6 Å². The van der Waals surface area contributed by atoms with Gasteiger partial charge in [0, 0.05) is 6.20 Å². The second kappa shape index (κ2) is 5.75. The van der Waals surface area contributed by atoms with E-state index in [1.165, 1.54) is 5.56 Å². The average Bonchev–Trinajstić information content (AvgIpc) is 2.79. The SMILES string of the molecule is CNCCCc1cnn(-c2ccc(Cl)nn2)c1. The largest absolute Gasteiger partial charge is 0.320 e. The normalized spacial score (nSPS) is 10.7. The summed E-state index contributed by atoms with van der Waals surface area (Å²) in [7, 11) is 1.95. The molecule has 2 heterocycles. The molecule has 90 valence electrons. The monoisotopic (exact) mass is 251 g/mol. The lowest BCUT2D eigenvalue weighted by molar-refractivity contribution is 0.724. The number of halogens is 1. The van der Waals surface area contributed by atoms with Gasteiger partial charge in [-0.25, -0.2) is 4.68 Å². The molecule has 0 aliphatic rings. The van der Waals surface area contributed by atoms with Crippen LogP contribution in [0.25, 0.3) is 5.82 Å². The van der Waals surface area contributed by atoms with Gasteiger partial charge in [0.15, 0.2) is 11.0 Å². The molecule has 0 atom stereocenters. The number of aryl methyl sites for hydroxylation is 1. The van der Waals surface area contributed by atoms with Crippen molar-refractivity contribution in [1.29, 1.82) is 0 Å². The zero-order valence-corrected chi connectivity index (χ0v) is 10.4. The summed E-state index contributed by atoms with van der Waals surface area (Å²) in [5.74, 6) is 0.675. The molecular weight excluding hydrogens is 238 g/mol. The summed E-state index contributed by atoms with van der Waals surface area (Å²) in [4.78, 5) is 0. The Morgan fingerprint density at radius 1 is 1.35 bits per heavy atom. The molecule has 0 unspecified atom stereocenters. The van der Waals surface area contributed by atoms with Crippen molar-refractivity contribution in [3.63, 3.8) is 0 Å². The molecule has 0 amide bonds. The van der Waals surface area contributed by atoms with Crippen LogP contribution in [0.3, 0.4) is 0 Å². The highest BCUT2D eigenvalue weighted by atomic mass is 35.5. The Kier molecular flexibility index (Phi) is 4.06. The van der Waals surface area contributed by atoms with Gasteiger partial charge in [-0.3, -0.25) is 0 Å². The van der Waals surface area contributed by atoms with Gasteiger partial charge in [-0.2, -0.15) is 5.10 Å². The number of nitrogens with zero attached hydrogens (tertiary/aromatic N) is 4. The number of rotatable bonds is 5. The molecule has 0 saturated heterocycles. The summed E-state index contributed by atoms with van der Waals surface area (Å²) in [6.45, 7) is 1.01. The summed E-state index contributed by atoms with van der Waals surface area (Å²) in [5, 5.41) is 15.5. The van der Waals surface area contributed by atoms with Crippen molar-refractivity contribution in [1.82, 2.24) is 25.3 Å². The predicted octanol–water partition coefficient (Wildman–Crippen LogP) is 1.47. The van der Waals surface area contributed by atoms with Gasteiger partial charge < -0.3 is 5.32 Å². The molecule has 0 bridgehead atoms. The maximum Gasteiger partial charge on any atom is 0.175 e. The lowest BCUT2D eigenvalue weighted by Crippen LogP contribution is -2.08. The second-order valence-corrected chi connectivity index (χ2v) is 4.10. The molecule has 5 nitrogen and oxygen atoms in total. The van der Waals surface area contributed by atoms with Gasteiger partial charge >= 0.3 is 0 Å². The number of hydrogen-bond donors (Lipinski definition) is 1.